The molecule has 12 heteroatoms. The van der Waals surface area contributed by atoms with Crippen LogP contribution in [0, 0.1) is 0 Å². The number of nitrogens with two attached hydrogens (primary N) is 1. The molecule has 0 aliphatic rings. The second-order valence-electron chi connectivity index (χ2n) is 4.96. The number of anilines is 2. The average Bonchev–Trinajstić information content (AvgIpc) is 2.99. The molecule has 0 radical (unpaired) electrons. The Kier molecular flexibility index (Phi) is 3.60. The van der Waals surface area contributed by atoms with E-state index < -0.39 is 21.7 Å². The van der Waals surface area contributed by atoms with Gasteiger partial charge in [-0.2, -0.15) is 9.90 Å². The van der Waals surface area contributed by atoms with E-state index in [4.69, 9.17) is 10.2 Å². The lowest BCUT2D eigenvalue weighted by atomic mass is 10.3. The van der Waals surface area contributed by atoms with Crippen molar-refractivity contribution in [3.05, 3.63) is 34.9 Å². The molecular weight excluding hydrogens is 340 g/mol. The molecule has 3 N–H and O–H groups in total. The lowest BCUT2D eigenvalue weighted by Gasteiger charge is -2.01. The molecule has 0 atom stereocenters. The molecule has 1 aromatic carbocycles. The van der Waals surface area contributed by atoms with Gasteiger partial charge in [0.05, 0.1) is 18.0 Å². The van der Waals surface area contributed by atoms with Gasteiger partial charge in [-0.1, -0.05) is 0 Å². The first kappa shape index (κ1) is 15.7. The smallest absolute Gasteiger partial charge is 0.407 e. The van der Waals surface area contributed by atoms with Crippen molar-refractivity contribution in [1.82, 2.24) is 19.6 Å². The molecule has 0 unspecified atom stereocenters. The summed E-state index contributed by atoms with van der Waals surface area (Å²) in [6.07, 6.45) is 2.10. The Morgan fingerprint density at radius 1 is 1.42 bits per heavy atom. The fourth-order valence-corrected chi connectivity index (χ4v) is 2.55. The van der Waals surface area contributed by atoms with Crippen molar-refractivity contribution in [1.29, 1.82) is 0 Å². The number of oxazole rings is 1. The maximum Gasteiger partial charge on any atom is 0.426 e. The van der Waals surface area contributed by atoms with Crippen molar-refractivity contribution in [2.75, 3.05) is 16.7 Å². The zero-order chi connectivity index (χ0) is 17.5. The number of carbonyl (C=O) groups is 1. The summed E-state index contributed by atoms with van der Waals surface area (Å²) in [6, 6.07) is 4.45. The minimum absolute atomic E-state index is 0.0394. The quantitative estimate of drug-likeness (QED) is 0.594. The first-order valence-corrected chi connectivity index (χ1v) is 8.44. The average molecular weight is 352 g/mol. The fourth-order valence-electron chi connectivity index (χ4n) is 2.07. The minimum Gasteiger partial charge on any atom is -0.407 e. The molecule has 0 saturated carbocycles. The van der Waals surface area contributed by atoms with Gasteiger partial charge in [-0.3, -0.25) is 9.52 Å². The number of hydrogen-bond acceptors (Lipinski definition) is 8. The Morgan fingerprint density at radius 3 is 2.88 bits per heavy atom. The molecule has 0 fully saturated rings. The number of nitrogen functional groups attached to an aromatic ring is 1. The van der Waals surface area contributed by atoms with Crippen LogP contribution in [0.25, 0.3) is 11.1 Å². The third-order valence-corrected chi connectivity index (χ3v) is 3.54. The maximum atomic E-state index is 12.3. The first-order valence-electron chi connectivity index (χ1n) is 6.55. The van der Waals surface area contributed by atoms with Gasteiger partial charge in [0.2, 0.25) is 10.0 Å². The number of rotatable bonds is 4. The summed E-state index contributed by atoms with van der Waals surface area (Å²) in [4.78, 5) is 25.1. The predicted molar refractivity (Wildman–Crippen MR) is 84.0 cm³/mol. The Morgan fingerprint density at radius 2 is 2.17 bits per heavy atom. The molecule has 11 nitrogen and oxygen atoms in total. The molecule has 3 aromatic rings. The summed E-state index contributed by atoms with van der Waals surface area (Å²) in [6.45, 7) is -0.385. The van der Waals surface area contributed by atoms with E-state index in [9.17, 15) is 18.0 Å². The van der Waals surface area contributed by atoms with Crippen molar-refractivity contribution >= 4 is 38.5 Å². The van der Waals surface area contributed by atoms with Crippen LogP contribution in [0.3, 0.4) is 0 Å². The lowest BCUT2D eigenvalue weighted by molar-refractivity contribution is 0.0877. The first-order chi connectivity index (χ1) is 11.2. The molecule has 126 valence electrons. The normalized spacial score (nSPS) is 11.7. The van der Waals surface area contributed by atoms with Gasteiger partial charge in [-0.25, -0.2) is 17.8 Å². The zero-order valence-corrected chi connectivity index (χ0v) is 13.1. The van der Waals surface area contributed by atoms with Gasteiger partial charge >= 0.3 is 5.76 Å². The van der Waals surface area contributed by atoms with Crippen molar-refractivity contribution in [3.8, 4) is 0 Å². The molecule has 2 heterocycles. The molecule has 0 bridgehead atoms. The van der Waals surface area contributed by atoms with Crippen LogP contribution in [0.5, 0.6) is 0 Å². The lowest BCUT2D eigenvalue weighted by Crippen LogP contribution is -2.27. The Labute approximate surface area is 134 Å². The van der Waals surface area contributed by atoms with Crippen molar-refractivity contribution in [2.45, 2.75) is 6.54 Å². The molecule has 0 amide bonds. The summed E-state index contributed by atoms with van der Waals surface area (Å²) < 4.78 is 30.2. The van der Waals surface area contributed by atoms with E-state index in [1.165, 1.54) is 18.2 Å². The zero-order valence-electron chi connectivity index (χ0n) is 12.3. The number of nitrogens with one attached hydrogen (secondary N) is 1. The van der Waals surface area contributed by atoms with Gasteiger partial charge in [-0.05, 0) is 12.1 Å². The summed E-state index contributed by atoms with van der Waals surface area (Å²) in [7, 11) is -3.51. The topological polar surface area (TPSA) is 155 Å². The number of benzene rings is 1. The van der Waals surface area contributed by atoms with E-state index in [0.29, 0.717) is 5.69 Å². The van der Waals surface area contributed by atoms with Crippen LogP contribution in [-0.4, -0.2) is 40.1 Å². The standard InChI is InChI=1S/C12H12N6O5S/c1-24(21,22)16-10-5-14-17(15-10)6-11(19)18-8-3-2-7(13)4-9(8)23-12(18)20/h2-5H,6,13H2,1H3,(H,15,16). The van der Waals surface area contributed by atoms with Gasteiger partial charge in [0.1, 0.15) is 6.54 Å². The van der Waals surface area contributed by atoms with Crippen LogP contribution in [0.2, 0.25) is 0 Å². The van der Waals surface area contributed by atoms with Crippen molar-refractivity contribution in [3.63, 3.8) is 0 Å². The SMILES string of the molecule is CS(=O)(=O)Nc1cnn(CC(=O)n2c(=O)oc3cc(N)ccc32)n1. The largest absolute Gasteiger partial charge is 0.426 e. The van der Waals surface area contributed by atoms with E-state index in [-0.39, 0.29) is 23.5 Å². The maximum absolute atomic E-state index is 12.3. The number of nitrogens with zero attached hydrogens (tertiary/aromatic N) is 4. The second-order valence-corrected chi connectivity index (χ2v) is 6.71. The van der Waals surface area contributed by atoms with E-state index in [2.05, 4.69) is 14.9 Å². The van der Waals surface area contributed by atoms with E-state index in [1.54, 1.807) is 0 Å². The molecule has 24 heavy (non-hydrogen) atoms. The summed E-state index contributed by atoms with van der Waals surface area (Å²) in [5.74, 6) is -1.55. The highest BCUT2D eigenvalue weighted by Crippen LogP contribution is 2.16. The van der Waals surface area contributed by atoms with Gasteiger partial charge in [-0.15, -0.1) is 5.10 Å². The van der Waals surface area contributed by atoms with E-state index in [0.717, 1.165) is 21.8 Å². The number of sulfonamides is 1. The van der Waals surface area contributed by atoms with Crippen LogP contribution in [-0.2, 0) is 16.6 Å². The second kappa shape index (κ2) is 5.49. The Hall–Kier alpha value is -3.15. The molecule has 0 aliphatic carbocycles. The summed E-state index contributed by atoms with van der Waals surface area (Å²) >= 11 is 0. The van der Waals surface area contributed by atoms with Gasteiger partial charge < -0.3 is 10.2 Å². The molecule has 0 aliphatic heterocycles. The van der Waals surface area contributed by atoms with Crippen LogP contribution in [0.4, 0.5) is 11.5 Å². The Bertz CT molecular complexity index is 1090. The van der Waals surface area contributed by atoms with Gasteiger partial charge in [0.15, 0.2) is 11.4 Å². The molecule has 0 spiro atoms. The van der Waals surface area contributed by atoms with Crippen LogP contribution in [0.15, 0.2) is 33.6 Å². The molecule has 3 rings (SSSR count). The number of aromatic nitrogens is 4. The number of fused-ring (bicyclic) bond motifs is 1. The molecule has 0 saturated heterocycles. The predicted octanol–water partition coefficient (Wildman–Crippen LogP) is -0.520. The molecular formula is C12H12N6O5S. The van der Waals surface area contributed by atoms with E-state index >= 15 is 0 Å². The Balaban J connectivity index is 1.88. The monoisotopic (exact) mass is 352 g/mol. The van der Waals surface area contributed by atoms with Gasteiger partial charge in [0.25, 0.3) is 5.91 Å². The van der Waals surface area contributed by atoms with E-state index in [1.807, 2.05) is 0 Å². The fraction of sp³-hybridized carbons (Fsp3) is 0.167. The minimum atomic E-state index is -3.51. The van der Waals surface area contributed by atoms with Crippen LogP contribution in [0.1, 0.15) is 4.79 Å². The van der Waals surface area contributed by atoms with Gasteiger partial charge in [0, 0.05) is 11.8 Å². The third kappa shape index (κ3) is 3.12. The third-order valence-electron chi connectivity index (χ3n) is 2.96. The highest BCUT2D eigenvalue weighted by Gasteiger charge is 2.18. The summed E-state index contributed by atoms with van der Waals surface area (Å²) in [5, 5.41) is 7.56. The van der Waals surface area contributed by atoms with Crippen molar-refractivity contribution < 1.29 is 17.6 Å². The number of hydrogen-bond donors (Lipinski definition) is 2. The molecule has 2 aromatic heterocycles. The highest BCUT2D eigenvalue weighted by atomic mass is 32.2. The highest BCUT2D eigenvalue weighted by molar-refractivity contribution is 7.92. The summed E-state index contributed by atoms with van der Waals surface area (Å²) in [5.41, 5.74) is 6.44. The number of carbonyl (C=O) groups excluding carboxylic acids is 1. The van der Waals surface area contributed by atoms with Crippen LogP contribution < -0.4 is 16.2 Å². The van der Waals surface area contributed by atoms with Crippen molar-refractivity contribution in [2.24, 2.45) is 0 Å². The van der Waals surface area contributed by atoms with Crippen LogP contribution >= 0.6 is 0 Å².